The van der Waals surface area contributed by atoms with Crippen molar-refractivity contribution in [1.29, 1.82) is 0 Å². The van der Waals surface area contributed by atoms with Gasteiger partial charge >= 0.3 is 0 Å². The molecular formula is C14H11Br2Cl2N. The molecule has 100 valence electrons. The van der Waals surface area contributed by atoms with Crippen molar-refractivity contribution in [2.75, 3.05) is 7.05 Å². The Balaban J connectivity index is 2.53. The molecule has 0 bridgehead atoms. The first-order valence-corrected chi connectivity index (χ1v) is 7.94. The summed E-state index contributed by atoms with van der Waals surface area (Å²) < 4.78 is 2.02. The quantitative estimate of drug-likeness (QED) is 0.655. The number of halogens is 4. The zero-order valence-electron chi connectivity index (χ0n) is 10.1. The predicted molar refractivity (Wildman–Crippen MR) is 89.2 cm³/mol. The first-order chi connectivity index (χ1) is 9.02. The molecule has 0 aromatic heterocycles. The molecule has 19 heavy (non-hydrogen) atoms. The van der Waals surface area contributed by atoms with E-state index < -0.39 is 0 Å². The van der Waals surface area contributed by atoms with E-state index in [0.717, 1.165) is 20.1 Å². The highest BCUT2D eigenvalue weighted by Crippen LogP contribution is 2.34. The van der Waals surface area contributed by atoms with E-state index in [2.05, 4.69) is 49.3 Å². The minimum absolute atomic E-state index is 0.0139. The summed E-state index contributed by atoms with van der Waals surface area (Å²) in [6, 6.07) is 11.8. The van der Waals surface area contributed by atoms with Crippen LogP contribution in [0.1, 0.15) is 17.2 Å². The standard InChI is InChI=1S/C14H11Br2Cl2N/c1-19-14(8-5-9(15)7-10(16)6-8)11-3-2-4-12(17)13(11)18/h2-7,14,19H,1H3. The lowest BCUT2D eigenvalue weighted by molar-refractivity contribution is 0.691. The van der Waals surface area contributed by atoms with Crippen molar-refractivity contribution < 1.29 is 0 Å². The molecule has 0 radical (unpaired) electrons. The van der Waals surface area contributed by atoms with Gasteiger partial charge in [0, 0.05) is 8.95 Å². The lowest BCUT2D eigenvalue weighted by atomic mass is 9.99. The summed E-state index contributed by atoms with van der Waals surface area (Å²) in [4.78, 5) is 0. The second-order valence-electron chi connectivity index (χ2n) is 4.07. The Bertz CT molecular complexity index is 582. The molecule has 1 nitrogen and oxygen atoms in total. The largest absolute Gasteiger partial charge is 0.309 e. The van der Waals surface area contributed by atoms with Gasteiger partial charge in [-0.2, -0.15) is 0 Å². The van der Waals surface area contributed by atoms with Crippen LogP contribution in [0.3, 0.4) is 0 Å². The molecule has 1 unspecified atom stereocenters. The maximum absolute atomic E-state index is 6.30. The summed E-state index contributed by atoms with van der Waals surface area (Å²) in [6.07, 6.45) is 0. The van der Waals surface area contributed by atoms with Crippen LogP contribution >= 0.6 is 55.1 Å². The van der Waals surface area contributed by atoms with Gasteiger partial charge in [0.25, 0.3) is 0 Å². The highest BCUT2D eigenvalue weighted by atomic mass is 79.9. The maximum atomic E-state index is 6.30. The fourth-order valence-corrected chi connectivity index (χ4v) is 3.73. The Hall–Kier alpha value is -0.0600. The van der Waals surface area contributed by atoms with Crippen molar-refractivity contribution in [3.63, 3.8) is 0 Å². The van der Waals surface area contributed by atoms with Gasteiger partial charge in [-0.1, -0.05) is 67.2 Å². The minimum Gasteiger partial charge on any atom is -0.309 e. The smallest absolute Gasteiger partial charge is 0.0643 e. The Morgan fingerprint density at radius 3 is 2.26 bits per heavy atom. The van der Waals surface area contributed by atoms with Crippen molar-refractivity contribution in [3.05, 3.63) is 66.5 Å². The molecule has 2 rings (SSSR count). The monoisotopic (exact) mass is 421 g/mol. The van der Waals surface area contributed by atoms with Crippen LogP contribution in [0.15, 0.2) is 45.3 Å². The molecule has 2 aromatic carbocycles. The molecule has 0 aliphatic rings. The molecule has 0 aliphatic heterocycles. The van der Waals surface area contributed by atoms with Crippen LogP contribution in [-0.4, -0.2) is 7.05 Å². The second-order valence-corrected chi connectivity index (χ2v) is 6.68. The van der Waals surface area contributed by atoms with Crippen molar-refractivity contribution >= 4 is 55.1 Å². The second kappa shape index (κ2) is 6.59. The zero-order chi connectivity index (χ0) is 14.0. The van der Waals surface area contributed by atoms with E-state index in [-0.39, 0.29) is 6.04 Å². The summed E-state index contributed by atoms with van der Waals surface area (Å²) in [5.41, 5.74) is 2.06. The minimum atomic E-state index is -0.0139. The van der Waals surface area contributed by atoms with E-state index in [1.54, 1.807) is 6.07 Å². The van der Waals surface area contributed by atoms with Crippen molar-refractivity contribution in [1.82, 2.24) is 5.32 Å². The van der Waals surface area contributed by atoms with Gasteiger partial charge in [-0.3, -0.25) is 0 Å². The summed E-state index contributed by atoms with van der Waals surface area (Å²) in [7, 11) is 1.90. The molecule has 1 atom stereocenters. The van der Waals surface area contributed by atoms with E-state index in [0.29, 0.717) is 10.0 Å². The highest BCUT2D eigenvalue weighted by Gasteiger charge is 2.17. The van der Waals surface area contributed by atoms with E-state index in [1.807, 2.05) is 25.2 Å². The van der Waals surface area contributed by atoms with E-state index in [9.17, 15) is 0 Å². The predicted octanol–water partition coefficient (Wildman–Crippen LogP) is 5.83. The fourth-order valence-electron chi connectivity index (χ4n) is 1.99. The van der Waals surface area contributed by atoms with Gasteiger partial charge in [0.2, 0.25) is 0 Å². The van der Waals surface area contributed by atoms with Crippen LogP contribution in [0.5, 0.6) is 0 Å². The Morgan fingerprint density at radius 2 is 1.68 bits per heavy atom. The third-order valence-electron chi connectivity index (χ3n) is 2.80. The number of hydrogen-bond acceptors (Lipinski definition) is 1. The van der Waals surface area contributed by atoms with Gasteiger partial charge in [-0.25, -0.2) is 0 Å². The third kappa shape index (κ3) is 3.53. The lowest BCUT2D eigenvalue weighted by Crippen LogP contribution is -2.18. The zero-order valence-corrected chi connectivity index (χ0v) is 14.7. The number of rotatable bonds is 3. The highest BCUT2D eigenvalue weighted by molar-refractivity contribution is 9.11. The lowest BCUT2D eigenvalue weighted by Gasteiger charge is -2.19. The molecule has 0 fully saturated rings. The molecular weight excluding hydrogens is 413 g/mol. The normalized spacial score (nSPS) is 12.5. The average Bonchev–Trinajstić information content (AvgIpc) is 2.34. The molecule has 0 heterocycles. The van der Waals surface area contributed by atoms with Crippen molar-refractivity contribution in [2.45, 2.75) is 6.04 Å². The van der Waals surface area contributed by atoms with Crippen LogP contribution < -0.4 is 5.32 Å². The van der Waals surface area contributed by atoms with Crippen molar-refractivity contribution in [3.8, 4) is 0 Å². The van der Waals surface area contributed by atoms with E-state index in [4.69, 9.17) is 23.2 Å². The summed E-state index contributed by atoms with van der Waals surface area (Å²) in [5, 5.41) is 4.42. The van der Waals surface area contributed by atoms with Crippen molar-refractivity contribution in [2.24, 2.45) is 0 Å². The van der Waals surface area contributed by atoms with Gasteiger partial charge in [0.1, 0.15) is 0 Å². The molecule has 0 saturated heterocycles. The van der Waals surface area contributed by atoms with Gasteiger partial charge in [0.15, 0.2) is 0 Å². The van der Waals surface area contributed by atoms with Gasteiger partial charge in [0.05, 0.1) is 16.1 Å². The van der Waals surface area contributed by atoms with Gasteiger partial charge in [-0.15, -0.1) is 0 Å². The average molecular weight is 424 g/mol. The number of hydrogen-bond donors (Lipinski definition) is 1. The van der Waals surface area contributed by atoms with Gasteiger partial charge in [-0.05, 0) is 42.4 Å². The molecule has 0 saturated carbocycles. The van der Waals surface area contributed by atoms with Crippen LogP contribution in [0.2, 0.25) is 10.0 Å². The Kier molecular flexibility index (Phi) is 5.32. The SMILES string of the molecule is CNC(c1cc(Br)cc(Br)c1)c1cccc(Cl)c1Cl. The first-order valence-electron chi connectivity index (χ1n) is 5.60. The molecule has 0 spiro atoms. The van der Waals surface area contributed by atoms with Crippen LogP contribution in [-0.2, 0) is 0 Å². The summed E-state index contributed by atoms with van der Waals surface area (Å²) >= 11 is 19.4. The van der Waals surface area contributed by atoms with E-state index >= 15 is 0 Å². The Morgan fingerprint density at radius 1 is 1.05 bits per heavy atom. The molecule has 2 aromatic rings. The summed E-state index contributed by atoms with van der Waals surface area (Å²) in [6.45, 7) is 0. The van der Waals surface area contributed by atoms with E-state index in [1.165, 1.54) is 0 Å². The van der Waals surface area contributed by atoms with Crippen LogP contribution in [0.4, 0.5) is 0 Å². The number of nitrogens with one attached hydrogen (secondary N) is 1. The maximum Gasteiger partial charge on any atom is 0.0643 e. The topological polar surface area (TPSA) is 12.0 Å². The fraction of sp³-hybridized carbons (Fsp3) is 0.143. The molecule has 5 heteroatoms. The Labute approximate surface area is 139 Å². The third-order valence-corrected chi connectivity index (χ3v) is 4.55. The van der Waals surface area contributed by atoms with Gasteiger partial charge < -0.3 is 5.32 Å². The molecule has 0 amide bonds. The number of benzene rings is 2. The first kappa shape index (κ1) is 15.3. The molecule has 0 aliphatic carbocycles. The molecule has 1 N–H and O–H groups in total. The summed E-state index contributed by atoms with van der Waals surface area (Å²) in [5.74, 6) is 0. The van der Waals surface area contributed by atoms with Crippen LogP contribution in [0, 0.1) is 0 Å². The van der Waals surface area contributed by atoms with Crippen LogP contribution in [0.25, 0.3) is 0 Å².